The number of methoxy groups -OCH3 is 1. The summed E-state index contributed by atoms with van der Waals surface area (Å²) in [6, 6.07) is 9.06. The number of nitrogens with zero attached hydrogens (tertiary/aromatic N) is 3. The predicted molar refractivity (Wildman–Crippen MR) is 98.4 cm³/mol. The maximum absolute atomic E-state index is 12.6. The Balaban J connectivity index is 1.79. The topological polar surface area (TPSA) is 67.3 Å². The van der Waals surface area contributed by atoms with E-state index < -0.39 is 0 Å². The predicted octanol–water partition coefficient (Wildman–Crippen LogP) is 3.43. The summed E-state index contributed by atoms with van der Waals surface area (Å²) in [5.74, 6) is 1.90. The first-order valence-electron chi connectivity index (χ1n) is 8.72. The van der Waals surface area contributed by atoms with E-state index in [4.69, 9.17) is 4.74 Å². The Labute approximate surface area is 148 Å². The Bertz CT molecular complexity index is 740. The quantitative estimate of drug-likeness (QED) is 0.923. The SMILES string of the molecule is COc1cccc(NC(=O)c2cc(N3CCCCCC3)nc(C)n2)c1. The van der Waals surface area contributed by atoms with Gasteiger partial charge in [-0.15, -0.1) is 0 Å². The van der Waals surface area contributed by atoms with Gasteiger partial charge >= 0.3 is 0 Å². The zero-order valence-corrected chi connectivity index (χ0v) is 14.8. The molecule has 3 rings (SSSR count). The van der Waals surface area contributed by atoms with Crippen LogP contribution in [0.5, 0.6) is 5.75 Å². The summed E-state index contributed by atoms with van der Waals surface area (Å²) in [6.45, 7) is 3.78. The normalized spacial score (nSPS) is 14.7. The van der Waals surface area contributed by atoms with Crippen LogP contribution in [0.1, 0.15) is 42.0 Å². The van der Waals surface area contributed by atoms with Crippen molar-refractivity contribution in [3.8, 4) is 5.75 Å². The fraction of sp³-hybridized carbons (Fsp3) is 0.421. The molecule has 0 spiro atoms. The van der Waals surface area contributed by atoms with Crippen LogP contribution in [-0.4, -0.2) is 36.1 Å². The summed E-state index contributed by atoms with van der Waals surface area (Å²) in [5, 5.41) is 2.87. The number of rotatable bonds is 4. The van der Waals surface area contributed by atoms with E-state index in [2.05, 4.69) is 20.2 Å². The first kappa shape index (κ1) is 17.2. The summed E-state index contributed by atoms with van der Waals surface area (Å²) in [7, 11) is 1.60. The van der Waals surface area contributed by atoms with Crippen molar-refractivity contribution in [2.75, 3.05) is 30.4 Å². The van der Waals surface area contributed by atoms with Crippen molar-refractivity contribution in [3.63, 3.8) is 0 Å². The van der Waals surface area contributed by atoms with Crippen molar-refractivity contribution in [1.29, 1.82) is 0 Å². The zero-order valence-electron chi connectivity index (χ0n) is 14.8. The zero-order chi connectivity index (χ0) is 17.6. The molecule has 1 aromatic heterocycles. The van der Waals surface area contributed by atoms with Gasteiger partial charge in [-0.2, -0.15) is 0 Å². The lowest BCUT2D eigenvalue weighted by Crippen LogP contribution is -2.26. The number of aryl methyl sites for hydroxylation is 1. The second-order valence-electron chi connectivity index (χ2n) is 6.25. The number of hydrogen-bond donors (Lipinski definition) is 1. The Hall–Kier alpha value is -2.63. The Kier molecular flexibility index (Phi) is 5.48. The van der Waals surface area contributed by atoms with E-state index in [1.165, 1.54) is 12.8 Å². The Morgan fingerprint density at radius 2 is 1.88 bits per heavy atom. The minimum atomic E-state index is -0.241. The average Bonchev–Trinajstić information content (AvgIpc) is 2.91. The summed E-state index contributed by atoms with van der Waals surface area (Å²) >= 11 is 0. The van der Waals surface area contributed by atoms with Crippen LogP contribution in [0.2, 0.25) is 0 Å². The van der Waals surface area contributed by atoms with E-state index in [-0.39, 0.29) is 5.91 Å². The molecule has 25 heavy (non-hydrogen) atoms. The number of hydrogen-bond acceptors (Lipinski definition) is 5. The number of nitrogens with one attached hydrogen (secondary N) is 1. The van der Waals surface area contributed by atoms with Gasteiger partial charge in [-0.25, -0.2) is 9.97 Å². The molecule has 6 heteroatoms. The van der Waals surface area contributed by atoms with Crippen molar-refractivity contribution in [2.24, 2.45) is 0 Å². The molecule has 1 amide bonds. The lowest BCUT2D eigenvalue weighted by molar-refractivity contribution is 0.102. The number of carbonyl (C=O) groups excluding carboxylic acids is 1. The van der Waals surface area contributed by atoms with E-state index in [0.29, 0.717) is 23.0 Å². The van der Waals surface area contributed by atoms with Crippen LogP contribution >= 0.6 is 0 Å². The smallest absolute Gasteiger partial charge is 0.274 e. The van der Waals surface area contributed by atoms with E-state index in [9.17, 15) is 4.79 Å². The van der Waals surface area contributed by atoms with Crippen LogP contribution in [0.3, 0.4) is 0 Å². The molecule has 1 aliphatic heterocycles. The molecule has 0 aliphatic carbocycles. The maximum Gasteiger partial charge on any atom is 0.274 e. The standard InChI is InChI=1S/C19H24N4O2/c1-14-20-17(13-18(21-14)23-10-5-3-4-6-11-23)19(24)22-15-8-7-9-16(12-15)25-2/h7-9,12-13H,3-6,10-11H2,1-2H3,(H,22,24). The fourth-order valence-corrected chi connectivity index (χ4v) is 3.03. The van der Waals surface area contributed by atoms with Gasteiger partial charge in [0, 0.05) is 30.9 Å². The van der Waals surface area contributed by atoms with Crippen LogP contribution in [-0.2, 0) is 0 Å². The fourth-order valence-electron chi connectivity index (χ4n) is 3.03. The van der Waals surface area contributed by atoms with Gasteiger partial charge in [-0.3, -0.25) is 4.79 Å². The third kappa shape index (κ3) is 4.47. The molecular weight excluding hydrogens is 316 g/mol. The lowest BCUT2D eigenvalue weighted by Gasteiger charge is -2.22. The number of carbonyl (C=O) groups is 1. The van der Waals surface area contributed by atoms with Gasteiger partial charge in [-0.05, 0) is 31.9 Å². The molecule has 0 atom stereocenters. The number of benzene rings is 1. The number of anilines is 2. The van der Waals surface area contributed by atoms with Gasteiger partial charge < -0.3 is 15.0 Å². The molecule has 1 aliphatic rings. The molecule has 2 aromatic rings. The van der Waals surface area contributed by atoms with Crippen molar-refractivity contribution in [1.82, 2.24) is 9.97 Å². The van der Waals surface area contributed by atoms with Gasteiger partial charge in [0.2, 0.25) is 0 Å². The molecule has 1 fully saturated rings. The van der Waals surface area contributed by atoms with Crippen molar-refractivity contribution < 1.29 is 9.53 Å². The second kappa shape index (κ2) is 7.96. The van der Waals surface area contributed by atoms with Gasteiger partial charge in [-0.1, -0.05) is 18.9 Å². The number of ether oxygens (including phenoxy) is 1. The average molecular weight is 340 g/mol. The Morgan fingerprint density at radius 3 is 2.60 bits per heavy atom. The Morgan fingerprint density at radius 1 is 1.12 bits per heavy atom. The van der Waals surface area contributed by atoms with E-state index >= 15 is 0 Å². The molecule has 2 heterocycles. The third-order valence-corrected chi connectivity index (χ3v) is 4.31. The first-order chi connectivity index (χ1) is 12.2. The molecule has 1 N–H and O–H groups in total. The highest BCUT2D eigenvalue weighted by atomic mass is 16.5. The maximum atomic E-state index is 12.6. The van der Waals surface area contributed by atoms with E-state index in [1.807, 2.05) is 25.1 Å². The molecule has 1 aromatic carbocycles. The highest BCUT2D eigenvalue weighted by molar-refractivity contribution is 6.03. The first-order valence-corrected chi connectivity index (χ1v) is 8.72. The molecular formula is C19H24N4O2. The number of amides is 1. The monoisotopic (exact) mass is 340 g/mol. The highest BCUT2D eigenvalue weighted by Gasteiger charge is 2.16. The minimum Gasteiger partial charge on any atom is -0.497 e. The summed E-state index contributed by atoms with van der Waals surface area (Å²) in [5.41, 5.74) is 1.06. The van der Waals surface area contributed by atoms with Gasteiger partial charge in [0.1, 0.15) is 23.1 Å². The second-order valence-corrected chi connectivity index (χ2v) is 6.25. The van der Waals surface area contributed by atoms with Crippen molar-refractivity contribution in [2.45, 2.75) is 32.6 Å². The van der Waals surface area contributed by atoms with Crippen LogP contribution in [0, 0.1) is 6.92 Å². The molecule has 0 bridgehead atoms. The summed E-state index contributed by atoms with van der Waals surface area (Å²) in [4.78, 5) is 23.7. The van der Waals surface area contributed by atoms with Crippen molar-refractivity contribution in [3.05, 3.63) is 41.9 Å². The highest BCUT2D eigenvalue weighted by Crippen LogP contribution is 2.20. The minimum absolute atomic E-state index is 0.241. The van der Waals surface area contributed by atoms with Gasteiger partial charge in [0.05, 0.1) is 7.11 Å². The summed E-state index contributed by atoms with van der Waals surface area (Å²) < 4.78 is 5.19. The van der Waals surface area contributed by atoms with Gasteiger partial charge in [0.25, 0.3) is 5.91 Å². The molecule has 0 radical (unpaired) electrons. The van der Waals surface area contributed by atoms with Gasteiger partial charge in [0.15, 0.2) is 0 Å². The van der Waals surface area contributed by atoms with Crippen LogP contribution in [0.25, 0.3) is 0 Å². The molecule has 1 saturated heterocycles. The lowest BCUT2D eigenvalue weighted by atomic mass is 10.2. The van der Waals surface area contributed by atoms with Crippen molar-refractivity contribution >= 4 is 17.4 Å². The van der Waals surface area contributed by atoms with Crippen LogP contribution in [0.4, 0.5) is 11.5 Å². The molecule has 0 unspecified atom stereocenters. The molecule has 0 saturated carbocycles. The van der Waals surface area contributed by atoms with Crippen LogP contribution < -0.4 is 15.0 Å². The summed E-state index contributed by atoms with van der Waals surface area (Å²) in [6.07, 6.45) is 4.83. The third-order valence-electron chi connectivity index (χ3n) is 4.31. The van der Waals surface area contributed by atoms with E-state index in [1.54, 1.807) is 19.2 Å². The molecule has 132 valence electrons. The molecule has 6 nitrogen and oxygen atoms in total. The van der Waals surface area contributed by atoms with E-state index in [0.717, 1.165) is 31.7 Å². The largest absolute Gasteiger partial charge is 0.497 e. The number of aromatic nitrogens is 2. The van der Waals surface area contributed by atoms with Crippen LogP contribution in [0.15, 0.2) is 30.3 Å².